The molecule has 2 atom stereocenters. The average Bonchev–Trinajstić information content (AvgIpc) is 2.88. The molecule has 0 bridgehead atoms. The van der Waals surface area contributed by atoms with Crippen LogP contribution in [0.4, 0.5) is 0 Å². The van der Waals surface area contributed by atoms with Gasteiger partial charge in [-0.1, -0.05) is 66.2 Å². The van der Waals surface area contributed by atoms with E-state index in [0.29, 0.717) is 18.1 Å². The Hall–Kier alpha value is -2.37. The summed E-state index contributed by atoms with van der Waals surface area (Å²) in [6, 6.07) is 26.2. The van der Waals surface area contributed by atoms with Crippen LogP contribution in [0.25, 0.3) is 0 Å². The number of rotatable bonds is 10. The summed E-state index contributed by atoms with van der Waals surface area (Å²) in [5.41, 5.74) is 2.13. The SMILES string of the molecule is CCOc1ccc([C@@](O)(CCc2ccccc2)[C@@H](CN2CCOCC2)c2ccc(Cl)cc2)cc1. The summed E-state index contributed by atoms with van der Waals surface area (Å²) in [4.78, 5) is 2.39. The van der Waals surface area contributed by atoms with Gasteiger partial charge in [-0.25, -0.2) is 0 Å². The van der Waals surface area contributed by atoms with Crippen LogP contribution in [0.15, 0.2) is 78.9 Å². The van der Waals surface area contributed by atoms with E-state index in [4.69, 9.17) is 21.1 Å². The Morgan fingerprint density at radius 3 is 2.29 bits per heavy atom. The predicted molar refractivity (Wildman–Crippen MR) is 138 cm³/mol. The molecule has 1 fully saturated rings. The van der Waals surface area contributed by atoms with Gasteiger partial charge in [-0.2, -0.15) is 0 Å². The Morgan fingerprint density at radius 1 is 0.971 bits per heavy atom. The Morgan fingerprint density at radius 2 is 1.65 bits per heavy atom. The zero-order valence-corrected chi connectivity index (χ0v) is 20.6. The second kappa shape index (κ2) is 11.9. The molecular formula is C29H34ClNO3. The van der Waals surface area contributed by atoms with Crippen LogP contribution in [0.2, 0.25) is 5.02 Å². The molecule has 0 unspecified atom stereocenters. The number of ether oxygens (including phenoxy) is 2. The topological polar surface area (TPSA) is 41.9 Å². The van der Waals surface area contributed by atoms with Crippen LogP contribution >= 0.6 is 11.6 Å². The Kier molecular flexibility index (Phi) is 8.63. The molecule has 1 saturated heterocycles. The van der Waals surface area contributed by atoms with Gasteiger partial charge in [0.15, 0.2) is 0 Å². The molecule has 4 rings (SSSR count). The molecule has 0 radical (unpaired) electrons. The highest BCUT2D eigenvalue weighted by Crippen LogP contribution is 2.42. The van der Waals surface area contributed by atoms with Gasteiger partial charge < -0.3 is 14.6 Å². The first kappa shape index (κ1) is 24.7. The molecule has 0 spiro atoms. The largest absolute Gasteiger partial charge is 0.494 e. The lowest BCUT2D eigenvalue weighted by molar-refractivity contribution is -0.0279. The number of aliphatic hydroxyl groups is 1. The number of aryl methyl sites for hydroxylation is 1. The number of morpholine rings is 1. The lowest BCUT2D eigenvalue weighted by Crippen LogP contribution is -2.45. The molecule has 34 heavy (non-hydrogen) atoms. The number of benzene rings is 3. The van der Waals surface area contributed by atoms with Crippen molar-refractivity contribution < 1.29 is 14.6 Å². The minimum atomic E-state index is -1.08. The summed E-state index contributed by atoms with van der Waals surface area (Å²) in [5.74, 6) is 0.678. The van der Waals surface area contributed by atoms with Crippen molar-refractivity contribution >= 4 is 11.6 Å². The van der Waals surface area contributed by atoms with Crippen molar-refractivity contribution in [1.82, 2.24) is 4.90 Å². The molecule has 1 heterocycles. The third-order valence-electron chi connectivity index (χ3n) is 6.70. The maximum Gasteiger partial charge on any atom is 0.119 e. The second-order valence-electron chi connectivity index (χ2n) is 8.88. The summed E-state index contributed by atoms with van der Waals surface area (Å²) in [7, 11) is 0. The lowest BCUT2D eigenvalue weighted by atomic mass is 9.73. The van der Waals surface area contributed by atoms with Crippen LogP contribution in [0.5, 0.6) is 5.75 Å². The number of hydrogen-bond donors (Lipinski definition) is 1. The van der Waals surface area contributed by atoms with E-state index < -0.39 is 5.60 Å². The van der Waals surface area contributed by atoms with Crippen LogP contribution in [0.1, 0.15) is 36.0 Å². The molecule has 1 N–H and O–H groups in total. The van der Waals surface area contributed by atoms with Crippen molar-refractivity contribution in [3.05, 3.63) is 101 Å². The first-order chi connectivity index (χ1) is 16.6. The second-order valence-corrected chi connectivity index (χ2v) is 9.32. The van der Waals surface area contributed by atoms with Gasteiger partial charge >= 0.3 is 0 Å². The van der Waals surface area contributed by atoms with E-state index in [0.717, 1.165) is 56.1 Å². The summed E-state index contributed by atoms with van der Waals surface area (Å²) < 4.78 is 11.2. The van der Waals surface area contributed by atoms with Crippen LogP contribution < -0.4 is 4.74 Å². The zero-order chi connectivity index (χ0) is 23.8. The van der Waals surface area contributed by atoms with E-state index in [1.54, 1.807) is 0 Å². The molecule has 180 valence electrons. The van der Waals surface area contributed by atoms with Gasteiger partial charge in [0.2, 0.25) is 0 Å². The van der Waals surface area contributed by atoms with E-state index in [9.17, 15) is 5.11 Å². The molecule has 0 amide bonds. The molecule has 4 nitrogen and oxygen atoms in total. The standard InChI is InChI=1S/C29H34ClNO3/c1-2-34-27-14-10-25(11-15-27)29(32,17-16-23-6-4-3-5-7-23)28(22-31-18-20-33-21-19-31)24-8-12-26(30)13-9-24/h3-15,28,32H,2,16-22H2,1H3/t28-,29-/m0/s1. The van der Waals surface area contributed by atoms with Crippen molar-refractivity contribution in [1.29, 1.82) is 0 Å². The molecule has 5 heteroatoms. The van der Waals surface area contributed by atoms with Crippen molar-refractivity contribution in [3.8, 4) is 5.75 Å². The summed E-state index contributed by atoms with van der Waals surface area (Å²) in [6.07, 6.45) is 1.38. The fraction of sp³-hybridized carbons (Fsp3) is 0.379. The van der Waals surface area contributed by atoms with Gasteiger partial charge in [0, 0.05) is 30.6 Å². The van der Waals surface area contributed by atoms with E-state index in [1.165, 1.54) is 5.56 Å². The third-order valence-corrected chi connectivity index (χ3v) is 6.95. The van der Waals surface area contributed by atoms with Crippen molar-refractivity contribution in [3.63, 3.8) is 0 Å². The van der Waals surface area contributed by atoms with Crippen molar-refractivity contribution in [2.75, 3.05) is 39.5 Å². The molecule has 3 aromatic rings. The predicted octanol–water partition coefficient (Wildman–Crippen LogP) is 5.68. The Bertz CT molecular complexity index is 1000. The molecule has 0 saturated carbocycles. The molecule has 0 aromatic heterocycles. The summed E-state index contributed by atoms with van der Waals surface area (Å²) >= 11 is 6.22. The molecule has 0 aliphatic carbocycles. The maximum absolute atomic E-state index is 12.5. The maximum atomic E-state index is 12.5. The van der Waals surface area contributed by atoms with Crippen LogP contribution in [0, 0.1) is 0 Å². The van der Waals surface area contributed by atoms with E-state index in [-0.39, 0.29) is 5.92 Å². The van der Waals surface area contributed by atoms with Gasteiger partial charge in [0.05, 0.1) is 25.4 Å². The number of hydrogen-bond acceptors (Lipinski definition) is 4. The van der Waals surface area contributed by atoms with Gasteiger partial charge in [-0.3, -0.25) is 4.90 Å². The van der Waals surface area contributed by atoms with Crippen molar-refractivity contribution in [2.24, 2.45) is 0 Å². The van der Waals surface area contributed by atoms with E-state index >= 15 is 0 Å². The fourth-order valence-corrected chi connectivity index (χ4v) is 4.90. The highest BCUT2D eigenvalue weighted by atomic mass is 35.5. The van der Waals surface area contributed by atoms with Crippen LogP contribution in [-0.2, 0) is 16.8 Å². The van der Waals surface area contributed by atoms with Crippen LogP contribution in [-0.4, -0.2) is 49.5 Å². The minimum absolute atomic E-state index is 0.135. The Labute approximate surface area is 208 Å². The zero-order valence-electron chi connectivity index (χ0n) is 19.8. The molecule has 1 aliphatic heterocycles. The minimum Gasteiger partial charge on any atom is -0.494 e. The van der Waals surface area contributed by atoms with Gasteiger partial charge in [0.25, 0.3) is 0 Å². The van der Waals surface area contributed by atoms with Gasteiger partial charge in [-0.05, 0) is 60.7 Å². The summed E-state index contributed by atoms with van der Waals surface area (Å²) in [6.45, 7) is 6.50. The van der Waals surface area contributed by atoms with E-state index in [2.05, 4.69) is 41.3 Å². The molecule has 3 aromatic carbocycles. The first-order valence-electron chi connectivity index (χ1n) is 12.1. The van der Waals surface area contributed by atoms with Crippen molar-refractivity contribution in [2.45, 2.75) is 31.3 Å². The number of nitrogens with zero attached hydrogens (tertiary/aromatic N) is 1. The fourth-order valence-electron chi connectivity index (χ4n) is 4.77. The van der Waals surface area contributed by atoms with Crippen LogP contribution in [0.3, 0.4) is 0 Å². The quantitative estimate of drug-likeness (QED) is 0.406. The third kappa shape index (κ3) is 6.19. The highest BCUT2D eigenvalue weighted by molar-refractivity contribution is 6.30. The van der Waals surface area contributed by atoms with Gasteiger partial charge in [0.1, 0.15) is 5.75 Å². The lowest BCUT2D eigenvalue weighted by Gasteiger charge is -2.41. The molecular weight excluding hydrogens is 446 g/mol. The van der Waals surface area contributed by atoms with Gasteiger partial charge in [-0.15, -0.1) is 0 Å². The Balaban J connectivity index is 1.72. The monoisotopic (exact) mass is 479 g/mol. The average molecular weight is 480 g/mol. The van der Waals surface area contributed by atoms with E-state index in [1.807, 2.05) is 49.4 Å². The summed E-state index contributed by atoms with van der Waals surface area (Å²) in [5, 5.41) is 13.2. The first-order valence-corrected chi connectivity index (χ1v) is 12.5. The highest BCUT2D eigenvalue weighted by Gasteiger charge is 2.40. The smallest absolute Gasteiger partial charge is 0.119 e. The number of halogens is 1. The normalized spacial score (nSPS) is 17.1. The molecule has 1 aliphatic rings.